The maximum absolute atomic E-state index is 10.7. The Labute approximate surface area is 161 Å². The van der Waals surface area contributed by atoms with E-state index in [-0.39, 0.29) is 12.0 Å². The molecule has 0 radical (unpaired) electrons. The van der Waals surface area contributed by atoms with Crippen molar-refractivity contribution < 1.29 is 10.2 Å². The van der Waals surface area contributed by atoms with Crippen LogP contribution in [0.4, 0.5) is 5.82 Å². The third kappa shape index (κ3) is 2.73. The van der Waals surface area contributed by atoms with Gasteiger partial charge in [-0.3, -0.25) is 4.98 Å². The number of pyridine rings is 1. The Balaban J connectivity index is 1.35. The monoisotopic (exact) mass is 378 g/mol. The Morgan fingerprint density at radius 1 is 1.18 bits per heavy atom. The molecule has 0 spiro atoms. The van der Waals surface area contributed by atoms with Crippen LogP contribution in [-0.4, -0.2) is 46.9 Å². The van der Waals surface area contributed by atoms with Crippen LogP contribution in [0.15, 0.2) is 43.0 Å². The van der Waals surface area contributed by atoms with E-state index in [1.54, 1.807) is 6.20 Å². The maximum atomic E-state index is 10.7. The topological polar surface area (TPSA) is 126 Å². The quantitative estimate of drug-likeness (QED) is 0.429. The molecular weight excluding hydrogens is 356 g/mol. The highest BCUT2D eigenvalue weighted by molar-refractivity contribution is 5.86. The van der Waals surface area contributed by atoms with E-state index >= 15 is 0 Å². The van der Waals surface area contributed by atoms with E-state index in [9.17, 15) is 10.2 Å². The number of aryl methyl sites for hydroxylation is 1. The molecule has 4 aromatic heterocycles. The lowest BCUT2D eigenvalue weighted by molar-refractivity contribution is 0.00542. The molecule has 4 heterocycles. The zero-order valence-corrected chi connectivity index (χ0v) is 15.2. The SMILES string of the molecule is Nc1ncnc2c1ccn2[C@@H]1C[C@H](CCc2cc3ncccc3[nH]2)[C@@H](O)[C@H]1O. The number of nitrogens with one attached hydrogen (secondary N) is 1. The van der Waals surface area contributed by atoms with Crippen LogP contribution in [-0.2, 0) is 6.42 Å². The number of aliphatic hydroxyl groups excluding tert-OH is 2. The second kappa shape index (κ2) is 6.57. The number of aromatic amines is 1. The molecule has 28 heavy (non-hydrogen) atoms. The summed E-state index contributed by atoms with van der Waals surface area (Å²) >= 11 is 0. The van der Waals surface area contributed by atoms with Crippen LogP contribution in [0.2, 0.25) is 0 Å². The summed E-state index contributed by atoms with van der Waals surface area (Å²) in [6.45, 7) is 0. The predicted molar refractivity (Wildman–Crippen MR) is 106 cm³/mol. The van der Waals surface area contributed by atoms with Gasteiger partial charge in [-0.1, -0.05) is 0 Å². The number of hydrogen-bond donors (Lipinski definition) is 4. The van der Waals surface area contributed by atoms with Crippen molar-refractivity contribution in [2.75, 3.05) is 5.73 Å². The molecule has 1 aliphatic rings. The van der Waals surface area contributed by atoms with Gasteiger partial charge in [-0.05, 0) is 49.4 Å². The number of aliphatic hydroxyl groups is 2. The normalized spacial score (nSPS) is 25.1. The highest BCUT2D eigenvalue weighted by Crippen LogP contribution is 2.39. The van der Waals surface area contributed by atoms with Crippen molar-refractivity contribution in [3.63, 3.8) is 0 Å². The Bertz CT molecular complexity index is 1100. The second-order valence-electron chi connectivity index (χ2n) is 7.53. The zero-order chi connectivity index (χ0) is 19.3. The first kappa shape index (κ1) is 17.2. The average molecular weight is 378 g/mol. The molecule has 0 aliphatic heterocycles. The van der Waals surface area contributed by atoms with Gasteiger partial charge in [-0.25, -0.2) is 9.97 Å². The van der Waals surface area contributed by atoms with Gasteiger partial charge >= 0.3 is 0 Å². The summed E-state index contributed by atoms with van der Waals surface area (Å²) in [7, 11) is 0. The molecule has 8 heteroatoms. The first-order chi connectivity index (χ1) is 13.6. The van der Waals surface area contributed by atoms with Crippen LogP contribution < -0.4 is 5.73 Å². The van der Waals surface area contributed by atoms with E-state index in [4.69, 9.17) is 5.73 Å². The number of nitrogens with zero attached hydrogens (tertiary/aromatic N) is 4. The minimum atomic E-state index is -0.846. The lowest BCUT2D eigenvalue weighted by atomic mass is 9.98. The summed E-state index contributed by atoms with van der Waals surface area (Å²) in [6, 6.07) is 7.57. The summed E-state index contributed by atoms with van der Waals surface area (Å²) in [5, 5.41) is 22.1. The summed E-state index contributed by atoms with van der Waals surface area (Å²) in [5.74, 6) is 0.414. The van der Waals surface area contributed by atoms with Crippen LogP contribution in [0.5, 0.6) is 0 Å². The minimum absolute atomic E-state index is 0.00370. The van der Waals surface area contributed by atoms with E-state index in [1.165, 1.54) is 6.33 Å². The van der Waals surface area contributed by atoms with Gasteiger partial charge in [0.15, 0.2) is 0 Å². The fraction of sp³-hybridized carbons (Fsp3) is 0.350. The molecule has 0 bridgehead atoms. The fourth-order valence-corrected chi connectivity index (χ4v) is 4.41. The summed E-state index contributed by atoms with van der Waals surface area (Å²) in [6.07, 6.45) is 5.69. The van der Waals surface area contributed by atoms with Gasteiger partial charge in [0.1, 0.15) is 23.9 Å². The number of H-pyrrole nitrogens is 1. The number of anilines is 1. The minimum Gasteiger partial charge on any atom is -0.390 e. The van der Waals surface area contributed by atoms with Crippen molar-refractivity contribution in [2.45, 2.75) is 37.5 Å². The molecule has 1 aliphatic carbocycles. The van der Waals surface area contributed by atoms with Crippen LogP contribution >= 0.6 is 0 Å². The molecule has 0 aromatic carbocycles. The zero-order valence-electron chi connectivity index (χ0n) is 15.2. The predicted octanol–water partition coefficient (Wildman–Crippen LogP) is 1.81. The molecule has 8 nitrogen and oxygen atoms in total. The highest BCUT2D eigenvalue weighted by Gasteiger charge is 2.42. The summed E-state index contributed by atoms with van der Waals surface area (Å²) < 4.78 is 1.91. The molecule has 5 rings (SSSR count). The summed E-state index contributed by atoms with van der Waals surface area (Å²) in [5.41, 5.74) is 9.65. The molecule has 1 saturated carbocycles. The van der Waals surface area contributed by atoms with E-state index in [2.05, 4.69) is 19.9 Å². The van der Waals surface area contributed by atoms with Gasteiger partial charge in [0.2, 0.25) is 0 Å². The fourth-order valence-electron chi connectivity index (χ4n) is 4.41. The van der Waals surface area contributed by atoms with Crippen LogP contribution in [0.1, 0.15) is 24.6 Å². The van der Waals surface area contributed by atoms with Crippen LogP contribution in [0.3, 0.4) is 0 Å². The lowest BCUT2D eigenvalue weighted by Gasteiger charge is -2.19. The average Bonchev–Trinajstić information content (AvgIpc) is 3.38. The second-order valence-corrected chi connectivity index (χ2v) is 7.53. The molecule has 144 valence electrons. The first-order valence-electron chi connectivity index (χ1n) is 9.47. The lowest BCUT2D eigenvalue weighted by Crippen LogP contribution is -2.29. The van der Waals surface area contributed by atoms with Gasteiger partial charge in [0, 0.05) is 18.1 Å². The highest BCUT2D eigenvalue weighted by atomic mass is 16.3. The first-order valence-corrected chi connectivity index (χ1v) is 9.47. The number of nitrogens with two attached hydrogens (primary N) is 1. The molecule has 0 unspecified atom stereocenters. The van der Waals surface area contributed by atoms with Crippen molar-refractivity contribution in [3.8, 4) is 0 Å². The Morgan fingerprint density at radius 2 is 2.07 bits per heavy atom. The van der Waals surface area contributed by atoms with Gasteiger partial charge < -0.3 is 25.5 Å². The Kier molecular flexibility index (Phi) is 4.03. The largest absolute Gasteiger partial charge is 0.390 e. The number of fused-ring (bicyclic) bond motifs is 2. The van der Waals surface area contributed by atoms with Crippen molar-refractivity contribution in [3.05, 3.63) is 48.7 Å². The number of aromatic nitrogens is 5. The van der Waals surface area contributed by atoms with Gasteiger partial charge in [-0.2, -0.15) is 0 Å². The molecule has 1 fully saturated rings. The third-order valence-corrected chi connectivity index (χ3v) is 5.90. The molecule has 0 amide bonds. The Morgan fingerprint density at radius 3 is 2.93 bits per heavy atom. The van der Waals surface area contributed by atoms with Crippen molar-refractivity contribution in [1.82, 2.24) is 24.5 Å². The number of rotatable bonds is 4. The van der Waals surface area contributed by atoms with Crippen molar-refractivity contribution in [2.24, 2.45) is 5.92 Å². The van der Waals surface area contributed by atoms with E-state index in [0.717, 1.165) is 35.0 Å². The molecule has 5 N–H and O–H groups in total. The molecule has 4 atom stereocenters. The molecule has 0 saturated heterocycles. The molecular formula is C20H22N6O2. The standard InChI is InChI=1S/C20H22N6O2/c21-19-13-5-7-26(20(13)24-10-23-19)16-8-11(17(27)18(16)28)3-4-12-9-15-14(25-12)2-1-6-22-15/h1-2,5-7,9-11,16-18,25,27-28H,3-4,8H2,(H2,21,23,24)/t11-,16+,17+,18-/m0/s1. The summed E-state index contributed by atoms with van der Waals surface area (Å²) in [4.78, 5) is 16.0. The number of nitrogen functional groups attached to an aromatic ring is 1. The van der Waals surface area contributed by atoms with Gasteiger partial charge in [0.25, 0.3) is 0 Å². The van der Waals surface area contributed by atoms with Gasteiger partial charge in [-0.15, -0.1) is 0 Å². The van der Waals surface area contributed by atoms with Crippen molar-refractivity contribution >= 4 is 27.9 Å². The van der Waals surface area contributed by atoms with E-state index < -0.39 is 12.2 Å². The van der Waals surface area contributed by atoms with E-state index in [1.807, 2.05) is 35.0 Å². The third-order valence-electron chi connectivity index (χ3n) is 5.90. The van der Waals surface area contributed by atoms with Crippen LogP contribution in [0.25, 0.3) is 22.1 Å². The van der Waals surface area contributed by atoms with Crippen molar-refractivity contribution in [1.29, 1.82) is 0 Å². The maximum Gasteiger partial charge on any atom is 0.145 e. The van der Waals surface area contributed by atoms with E-state index in [0.29, 0.717) is 17.9 Å². The van der Waals surface area contributed by atoms with Crippen LogP contribution in [0, 0.1) is 5.92 Å². The number of hydrogen-bond acceptors (Lipinski definition) is 6. The van der Waals surface area contributed by atoms with Gasteiger partial charge in [0.05, 0.1) is 28.6 Å². The Hall–Kier alpha value is -2.97. The smallest absolute Gasteiger partial charge is 0.145 e. The molecule has 4 aromatic rings.